The van der Waals surface area contributed by atoms with Crippen LogP contribution in [0.25, 0.3) is 0 Å². The van der Waals surface area contributed by atoms with Crippen LogP contribution >= 0.6 is 0 Å². The van der Waals surface area contributed by atoms with E-state index in [1.807, 2.05) is 24.3 Å². The lowest BCUT2D eigenvalue weighted by molar-refractivity contribution is 0.0688. The molecule has 0 saturated carbocycles. The van der Waals surface area contributed by atoms with Gasteiger partial charge in [0.1, 0.15) is 29.8 Å². The van der Waals surface area contributed by atoms with Crippen LogP contribution in [-0.2, 0) is 6.42 Å². The normalized spacial score (nSPS) is 16.1. The van der Waals surface area contributed by atoms with Crippen molar-refractivity contribution in [2.75, 3.05) is 12.3 Å². The molecule has 0 spiro atoms. The number of aromatic carboxylic acids is 1. The molecule has 3 rings (SSSR count). The zero-order valence-electron chi connectivity index (χ0n) is 11.3. The van der Waals surface area contributed by atoms with Crippen molar-refractivity contribution < 1.29 is 19.4 Å². The molecule has 108 valence electrons. The molecular formula is C16H15NO4. The minimum absolute atomic E-state index is 0.0970. The first-order valence-electron chi connectivity index (χ1n) is 6.63. The van der Waals surface area contributed by atoms with Gasteiger partial charge in [-0.2, -0.15) is 0 Å². The summed E-state index contributed by atoms with van der Waals surface area (Å²) in [6.07, 6.45) is 0.631. The summed E-state index contributed by atoms with van der Waals surface area (Å²) in [5.74, 6) is 0.0832. The van der Waals surface area contributed by atoms with Gasteiger partial charge in [-0.25, -0.2) is 4.79 Å². The third kappa shape index (κ3) is 2.76. The van der Waals surface area contributed by atoms with E-state index >= 15 is 0 Å². The average molecular weight is 285 g/mol. The van der Waals surface area contributed by atoms with Crippen LogP contribution in [-0.4, -0.2) is 23.8 Å². The van der Waals surface area contributed by atoms with Gasteiger partial charge in [-0.05, 0) is 23.8 Å². The Morgan fingerprint density at radius 1 is 1.33 bits per heavy atom. The number of carboxylic acids is 1. The number of ether oxygens (including phenoxy) is 2. The van der Waals surface area contributed by atoms with Crippen molar-refractivity contribution >= 4 is 11.7 Å². The number of benzene rings is 2. The molecule has 2 aromatic rings. The van der Waals surface area contributed by atoms with Gasteiger partial charge in [0.25, 0.3) is 0 Å². The first-order chi connectivity index (χ1) is 10.1. The number of carboxylic acid groups (broad SMARTS) is 1. The predicted octanol–water partition coefficient (Wildman–Crippen LogP) is 2.35. The van der Waals surface area contributed by atoms with E-state index in [0.29, 0.717) is 5.69 Å². The summed E-state index contributed by atoms with van der Waals surface area (Å²) in [6, 6.07) is 12.3. The molecule has 2 aromatic carbocycles. The van der Waals surface area contributed by atoms with Crippen molar-refractivity contribution in [2.45, 2.75) is 12.5 Å². The second-order valence-corrected chi connectivity index (χ2v) is 4.92. The van der Waals surface area contributed by atoms with E-state index < -0.39 is 5.97 Å². The van der Waals surface area contributed by atoms with Crippen LogP contribution < -0.4 is 15.2 Å². The number of hydrogen-bond acceptors (Lipinski definition) is 4. The lowest BCUT2D eigenvalue weighted by Crippen LogP contribution is -2.23. The zero-order valence-corrected chi connectivity index (χ0v) is 11.3. The number of nitrogens with two attached hydrogens (primary N) is 1. The van der Waals surface area contributed by atoms with Gasteiger partial charge in [0.2, 0.25) is 0 Å². The Morgan fingerprint density at radius 3 is 2.90 bits per heavy atom. The van der Waals surface area contributed by atoms with E-state index in [1.54, 1.807) is 0 Å². The third-order valence-corrected chi connectivity index (χ3v) is 3.37. The Labute approximate surface area is 121 Å². The Bertz CT molecular complexity index is 659. The summed E-state index contributed by atoms with van der Waals surface area (Å²) >= 11 is 0. The van der Waals surface area contributed by atoms with Crippen molar-refractivity contribution in [3.05, 3.63) is 53.6 Å². The van der Waals surface area contributed by atoms with Crippen molar-refractivity contribution in [1.82, 2.24) is 0 Å². The molecule has 1 atom stereocenters. The Kier molecular flexibility index (Phi) is 3.39. The van der Waals surface area contributed by atoms with Gasteiger partial charge in [-0.3, -0.25) is 0 Å². The van der Waals surface area contributed by atoms with Crippen LogP contribution in [0, 0.1) is 0 Å². The van der Waals surface area contributed by atoms with Gasteiger partial charge in [0.15, 0.2) is 0 Å². The van der Waals surface area contributed by atoms with E-state index in [9.17, 15) is 4.79 Å². The highest BCUT2D eigenvalue weighted by molar-refractivity contribution is 5.91. The average Bonchev–Trinajstić information content (AvgIpc) is 2.87. The molecule has 0 saturated heterocycles. The molecule has 0 aliphatic carbocycles. The fraction of sp³-hybridized carbons (Fsp3) is 0.188. The van der Waals surface area contributed by atoms with Crippen LogP contribution in [0.4, 0.5) is 5.69 Å². The van der Waals surface area contributed by atoms with Crippen LogP contribution in [0.15, 0.2) is 42.5 Å². The number of anilines is 1. The minimum atomic E-state index is -1.04. The zero-order chi connectivity index (χ0) is 14.8. The molecule has 3 N–H and O–H groups in total. The van der Waals surface area contributed by atoms with Gasteiger partial charge >= 0.3 is 5.97 Å². The standard InChI is InChI=1S/C16H15NO4/c17-11-5-6-13(16(18)19)15(8-11)20-9-12-7-10-3-1-2-4-14(10)21-12/h1-6,8,12H,7,9,17H2,(H,18,19). The van der Waals surface area contributed by atoms with Gasteiger partial charge < -0.3 is 20.3 Å². The monoisotopic (exact) mass is 285 g/mol. The van der Waals surface area contributed by atoms with Crippen molar-refractivity contribution in [3.8, 4) is 11.5 Å². The van der Waals surface area contributed by atoms with Gasteiger partial charge in [0, 0.05) is 18.2 Å². The molecule has 0 amide bonds. The number of para-hydroxylation sites is 1. The fourth-order valence-corrected chi connectivity index (χ4v) is 2.36. The topological polar surface area (TPSA) is 81.8 Å². The Morgan fingerprint density at radius 2 is 2.14 bits per heavy atom. The van der Waals surface area contributed by atoms with E-state index in [4.69, 9.17) is 20.3 Å². The van der Waals surface area contributed by atoms with Gasteiger partial charge in [-0.15, -0.1) is 0 Å². The molecule has 0 radical (unpaired) electrons. The van der Waals surface area contributed by atoms with E-state index in [0.717, 1.165) is 17.7 Å². The molecule has 1 aliphatic heterocycles. The summed E-state index contributed by atoms with van der Waals surface area (Å²) in [5, 5.41) is 9.14. The number of rotatable bonds is 4. The largest absolute Gasteiger partial charge is 0.489 e. The maximum Gasteiger partial charge on any atom is 0.339 e. The molecule has 0 fully saturated rings. The van der Waals surface area contributed by atoms with Crippen molar-refractivity contribution in [2.24, 2.45) is 0 Å². The SMILES string of the molecule is Nc1ccc(C(=O)O)c(OCC2Cc3ccccc3O2)c1. The smallest absolute Gasteiger partial charge is 0.339 e. The highest BCUT2D eigenvalue weighted by Crippen LogP contribution is 2.29. The van der Waals surface area contributed by atoms with Gasteiger partial charge in [0.05, 0.1) is 0 Å². The molecule has 0 bridgehead atoms. The molecule has 0 aromatic heterocycles. The quantitative estimate of drug-likeness (QED) is 0.843. The van der Waals surface area contributed by atoms with Crippen LogP contribution in [0.1, 0.15) is 15.9 Å². The Balaban J connectivity index is 1.69. The first kappa shape index (κ1) is 13.3. The molecule has 1 aliphatic rings. The van der Waals surface area contributed by atoms with Crippen LogP contribution in [0.5, 0.6) is 11.5 Å². The minimum Gasteiger partial charge on any atom is -0.489 e. The second-order valence-electron chi connectivity index (χ2n) is 4.92. The molecule has 1 heterocycles. The maximum absolute atomic E-state index is 11.2. The summed E-state index contributed by atoms with van der Waals surface area (Å²) in [5.41, 5.74) is 7.37. The highest BCUT2D eigenvalue weighted by Gasteiger charge is 2.23. The number of fused-ring (bicyclic) bond motifs is 1. The number of carbonyl (C=O) groups is 1. The summed E-state index contributed by atoms with van der Waals surface area (Å²) in [6.45, 7) is 0.276. The van der Waals surface area contributed by atoms with Crippen molar-refractivity contribution in [1.29, 1.82) is 0 Å². The summed E-state index contributed by atoms with van der Waals surface area (Å²) in [4.78, 5) is 11.2. The van der Waals surface area contributed by atoms with Crippen LogP contribution in [0.3, 0.4) is 0 Å². The van der Waals surface area contributed by atoms with Crippen molar-refractivity contribution in [3.63, 3.8) is 0 Å². The van der Waals surface area contributed by atoms with E-state index in [-0.39, 0.29) is 24.0 Å². The molecule has 5 nitrogen and oxygen atoms in total. The Hall–Kier alpha value is -2.69. The van der Waals surface area contributed by atoms with Gasteiger partial charge in [-0.1, -0.05) is 18.2 Å². The summed E-state index contributed by atoms with van der Waals surface area (Å²) in [7, 11) is 0. The molecule has 1 unspecified atom stereocenters. The van der Waals surface area contributed by atoms with E-state index in [2.05, 4.69) is 0 Å². The lowest BCUT2D eigenvalue weighted by atomic mass is 10.1. The third-order valence-electron chi connectivity index (χ3n) is 3.37. The lowest BCUT2D eigenvalue weighted by Gasteiger charge is -2.14. The molecule has 5 heteroatoms. The second kappa shape index (κ2) is 5.36. The maximum atomic E-state index is 11.2. The molecule has 21 heavy (non-hydrogen) atoms. The molecular weight excluding hydrogens is 270 g/mol. The first-order valence-corrected chi connectivity index (χ1v) is 6.63. The summed E-state index contributed by atoms with van der Waals surface area (Å²) < 4.78 is 11.4. The number of nitrogen functional groups attached to an aromatic ring is 1. The van der Waals surface area contributed by atoms with E-state index in [1.165, 1.54) is 18.2 Å². The predicted molar refractivity (Wildman–Crippen MR) is 77.9 cm³/mol. The highest BCUT2D eigenvalue weighted by atomic mass is 16.5. The number of hydrogen-bond donors (Lipinski definition) is 2. The fourth-order valence-electron chi connectivity index (χ4n) is 2.36. The van der Waals surface area contributed by atoms with Crippen LogP contribution in [0.2, 0.25) is 0 Å².